The number of thioether (sulfide) groups is 1. The smallest absolute Gasteiger partial charge is 0.270 e. The number of thiocarbonyl (C=S) groups is 1. The molecule has 0 atom stereocenters. The van der Waals surface area contributed by atoms with Gasteiger partial charge in [0.25, 0.3) is 11.8 Å². The van der Waals surface area contributed by atoms with Crippen molar-refractivity contribution in [3.05, 3.63) is 100 Å². The number of amides is 2. The van der Waals surface area contributed by atoms with Gasteiger partial charge in [0.1, 0.15) is 5.82 Å². The van der Waals surface area contributed by atoms with Gasteiger partial charge < -0.3 is 5.32 Å². The summed E-state index contributed by atoms with van der Waals surface area (Å²) < 4.78 is 13.5. The molecule has 0 spiro atoms. The molecular formula is C26H21FN2O2S2. The first-order chi connectivity index (χ1) is 15.8. The van der Waals surface area contributed by atoms with Crippen molar-refractivity contribution in [3.63, 3.8) is 0 Å². The molecule has 7 heteroatoms. The molecule has 0 radical (unpaired) electrons. The largest absolute Gasteiger partial charge is 0.322 e. The highest BCUT2D eigenvalue weighted by atomic mass is 32.2. The molecule has 3 aromatic rings. The van der Waals surface area contributed by atoms with E-state index in [2.05, 4.69) is 31.3 Å². The number of hydrogen-bond acceptors (Lipinski definition) is 4. The Morgan fingerprint density at radius 2 is 1.76 bits per heavy atom. The van der Waals surface area contributed by atoms with Crippen molar-refractivity contribution in [1.29, 1.82) is 0 Å². The van der Waals surface area contributed by atoms with E-state index >= 15 is 0 Å². The average molecular weight is 477 g/mol. The highest BCUT2D eigenvalue weighted by Gasteiger charge is 2.33. The lowest BCUT2D eigenvalue weighted by atomic mass is 10.0. The third-order valence-electron chi connectivity index (χ3n) is 5.16. The summed E-state index contributed by atoms with van der Waals surface area (Å²) in [6, 6.07) is 20.3. The van der Waals surface area contributed by atoms with Gasteiger partial charge in [-0.25, -0.2) is 4.39 Å². The van der Waals surface area contributed by atoms with Crippen LogP contribution in [0, 0.1) is 5.82 Å². The summed E-state index contributed by atoms with van der Waals surface area (Å²) in [4.78, 5) is 27.7. The average Bonchev–Trinajstić information content (AvgIpc) is 3.08. The third kappa shape index (κ3) is 5.21. The topological polar surface area (TPSA) is 49.4 Å². The van der Waals surface area contributed by atoms with Gasteiger partial charge in [-0.1, -0.05) is 68.2 Å². The summed E-state index contributed by atoms with van der Waals surface area (Å²) in [5, 5.41) is 2.72. The molecule has 0 aliphatic carbocycles. The fourth-order valence-corrected chi connectivity index (χ4v) is 4.64. The number of nitrogens with zero attached hydrogens (tertiary/aromatic N) is 1. The Bertz CT molecular complexity index is 1250. The van der Waals surface area contributed by atoms with Gasteiger partial charge in [0.15, 0.2) is 4.32 Å². The molecule has 3 aromatic carbocycles. The first-order valence-corrected chi connectivity index (χ1v) is 11.6. The number of nitrogens with one attached hydrogen (secondary N) is 1. The molecule has 1 aliphatic heterocycles. The lowest BCUT2D eigenvalue weighted by Crippen LogP contribution is -2.27. The maximum absolute atomic E-state index is 13.1. The molecule has 166 valence electrons. The second-order valence-corrected chi connectivity index (χ2v) is 9.53. The molecule has 0 bridgehead atoms. The molecule has 1 saturated heterocycles. The first kappa shape index (κ1) is 22.9. The summed E-state index contributed by atoms with van der Waals surface area (Å²) in [6.45, 7) is 4.27. The molecule has 0 saturated carbocycles. The van der Waals surface area contributed by atoms with E-state index in [0.717, 1.165) is 5.56 Å². The normalized spacial score (nSPS) is 14.9. The van der Waals surface area contributed by atoms with Crippen LogP contribution in [0.5, 0.6) is 0 Å². The number of carbonyl (C=O) groups excluding carboxylic acids is 2. The van der Waals surface area contributed by atoms with Crippen LogP contribution in [0.2, 0.25) is 0 Å². The van der Waals surface area contributed by atoms with E-state index in [-0.39, 0.29) is 17.6 Å². The third-order valence-corrected chi connectivity index (χ3v) is 6.47. The lowest BCUT2D eigenvalue weighted by Gasteiger charge is -2.15. The summed E-state index contributed by atoms with van der Waals surface area (Å²) in [6.07, 6.45) is 1.83. The molecule has 2 amide bonds. The number of carbonyl (C=O) groups is 2. The van der Waals surface area contributed by atoms with Crippen LogP contribution in [0.25, 0.3) is 6.08 Å². The monoisotopic (exact) mass is 476 g/mol. The Hall–Kier alpha value is -3.29. The predicted octanol–water partition coefficient (Wildman–Crippen LogP) is 6.61. The van der Waals surface area contributed by atoms with E-state index in [0.29, 0.717) is 32.1 Å². The number of benzene rings is 3. The predicted molar refractivity (Wildman–Crippen MR) is 137 cm³/mol. The minimum absolute atomic E-state index is 0.228. The second kappa shape index (κ2) is 9.68. The number of rotatable bonds is 5. The maximum atomic E-state index is 13.1. The molecule has 0 aromatic heterocycles. The minimum atomic E-state index is -0.381. The van der Waals surface area contributed by atoms with E-state index in [1.165, 1.54) is 46.5 Å². The van der Waals surface area contributed by atoms with E-state index in [4.69, 9.17) is 12.2 Å². The highest BCUT2D eigenvalue weighted by molar-refractivity contribution is 8.27. The first-order valence-electron chi connectivity index (χ1n) is 10.4. The fourth-order valence-electron chi connectivity index (χ4n) is 3.34. The summed E-state index contributed by atoms with van der Waals surface area (Å²) in [5.74, 6) is -0.540. The fraction of sp³-hybridized carbons (Fsp3) is 0.115. The minimum Gasteiger partial charge on any atom is -0.322 e. The number of halogens is 1. The molecule has 1 fully saturated rings. The van der Waals surface area contributed by atoms with Crippen LogP contribution in [0.15, 0.2) is 77.7 Å². The molecule has 1 aliphatic rings. The Morgan fingerprint density at radius 1 is 1.06 bits per heavy atom. The Kier molecular flexibility index (Phi) is 6.72. The lowest BCUT2D eigenvalue weighted by molar-refractivity contribution is -0.113. The van der Waals surface area contributed by atoms with E-state index in [1.54, 1.807) is 24.3 Å². The van der Waals surface area contributed by atoms with Crippen molar-refractivity contribution in [3.8, 4) is 0 Å². The zero-order chi connectivity index (χ0) is 23.5. The Balaban J connectivity index is 1.54. The van der Waals surface area contributed by atoms with Crippen LogP contribution in [-0.2, 0) is 4.79 Å². The van der Waals surface area contributed by atoms with Crippen molar-refractivity contribution >= 4 is 57.6 Å². The molecule has 4 nitrogen and oxygen atoms in total. The van der Waals surface area contributed by atoms with Crippen molar-refractivity contribution in [2.75, 3.05) is 10.2 Å². The van der Waals surface area contributed by atoms with Crippen LogP contribution in [0.4, 0.5) is 15.8 Å². The van der Waals surface area contributed by atoms with Gasteiger partial charge >= 0.3 is 0 Å². The summed E-state index contributed by atoms with van der Waals surface area (Å²) in [7, 11) is 0. The molecular weight excluding hydrogens is 455 g/mol. The van der Waals surface area contributed by atoms with Crippen molar-refractivity contribution in [1.82, 2.24) is 0 Å². The van der Waals surface area contributed by atoms with Crippen LogP contribution in [0.1, 0.15) is 41.3 Å². The summed E-state index contributed by atoms with van der Waals surface area (Å²) >= 11 is 6.70. The Morgan fingerprint density at radius 3 is 2.42 bits per heavy atom. The van der Waals surface area contributed by atoms with Crippen molar-refractivity contribution in [2.45, 2.75) is 19.8 Å². The van der Waals surface area contributed by atoms with Gasteiger partial charge in [0.05, 0.1) is 10.6 Å². The van der Waals surface area contributed by atoms with Gasteiger partial charge in [0.2, 0.25) is 0 Å². The second-order valence-electron chi connectivity index (χ2n) is 7.85. The highest BCUT2D eigenvalue weighted by Crippen LogP contribution is 2.36. The number of anilines is 2. The van der Waals surface area contributed by atoms with Crippen LogP contribution in [0.3, 0.4) is 0 Å². The van der Waals surface area contributed by atoms with Gasteiger partial charge in [-0.3, -0.25) is 14.5 Å². The zero-order valence-corrected chi connectivity index (χ0v) is 19.7. The van der Waals surface area contributed by atoms with Crippen LogP contribution >= 0.6 is 24.0 Å². The van der Waals surface area contributed by atoms with E-state index in [1.807, 2.05) is 18.2 Å². The zero-order valence-electron chi connectivity index (χ0n) is 18.0. The molecule has 4 rings (SSSR count). The summed E-state index contributed by atoms with van der Waals surface area (Å²) in [5.41, 5.74) is 3.51. The van der Waals surface area contributed by atoms with Gasteiger partial charge in [-0.2, -0.15) is 0 Å². The van der Waals surface area contributed by atoms with Crippen molar-refractivity contribution < 1.29 is 14.0 Å². The van der Waals surface area contributed by atoms with Gasteiger partial charge in [-0.15, -0.1) is 0 Å². The molecule has 1 heterocycles. The van der Waals surface area contributed by atoms with E-state index < -0.39 is 0 Å². The maximum Gasteiger partial charge on any atom is 0.270 e. The SMILES string of the molecule is CC(C)c1ccc(/C=C2/SC(=S)N(c3cccc(C(=O)Nc4ccc(F)cc4)c3)C2=O)cc1. The van der Waals surface area contributed by atoms with Crippen molar-refractivity contribution in [2.24, 2.45) is 0 Å². The van der Waals surface area contributed by atoms with Crippen LogP contribution in [-0.4, -0.2) is 16.1 Å². The Labute approximate surface area is 201 Å². The molecule has 1 N–H and O–H groups in total. The number of hydrogen-bond donors (Lipinski definition) is 1. The standard InChI is InChI=1S/C26H21FN2O2S2/c1-16(2)18-8-6-17(7-9-18)14-23-25(31)29(26(32)33-23)22-5-3-4-19(15-22)24(30)28-21-12-10-20(27)11-13-21/h3-16H,1-2H3,(H,28,30)/b23-14+. The molecule has 0 unspecified atom stereocenters. The quantitative estimate of drug-likeness (QED) is 0.333. The van der Waals surface area contributed by atoms with Gasteiger partial charge in [0, 0.05) is 11.3 Å². The van der Waals surface area contributed by atoms with Crippen LogP contribution < -0.4 is 10.2 Å². The van der Waals surface area contributed by atoms with Gasteiger partial charge in [-0.05, 0) is 65.6 Å². The van der Waals surface area contributed by atoms with E-state index in [9.17, 15) is 14.0 Å². The molecule has 33 heavy (non-hydrogen) atoms.